The smallest absolute Gasteiger partial charge is 0.124 e. The van der Waals surface area contributed by atoms with Gasteiger partial charge in [-0.15, -0.1) is 12.4 Å². The largest absolute Gasteiger partial charge is 0.489 e. The van der Waals surface area contributed by atoms with Gasteiger partial charge in [-0.2, -0.15) is 0 Å². The van der Waals surface area contributed by atoms with E-state index in [1.54, 1.807) is 18.2 Å². The SMILES string of the molecule is Cl.Fc1ccc(COc2ccc(Cl)cc2CNCCc2ccc(Cl)cc2)cc1. The molecule has 0 amide bonds. The summed E-state index contributed by atoms with van der Waals surface area (Å²) in [5.41, 5.74) is 3.12. The molecule has 0 bridgehead atoms. The summed E-state index contributed by atoms with van der Waals surface area (Å²) in [7, 11) is 0. The number of benzene rings is 3. The predicted molar refractivity (Wildman–Crippen MR) is 116 cm³/mol. The fourth-order valence-corrected chi connectivity index (χ4v) is 3.00. The van der Waals surface area contributed by atoms with Gasteiger partial charge in [-0.05, 0) is 66.6 Å². The topological polar surface area (TPSA) is 21.3 Å². The van der Waals surface area contributed by atoms with Crippen molar-refractivity contribution in [3.63, 3.8) is 0 Å². The van der Waals surface area contributed by atoms with Crippen LogP contribution in [0.4, 0.5) is 4.39 Å². The first-order valence-corrected chi connectivity index (χ1v) is 9.46. The molecule has 0 radical (unpaired) electrons. The van der Waals surface area contributed by atoms with Crippen LogP contribution in [0.25, 0.3) is 0 Å². The minimum absolute atomic E-state index is 0. The maximum absolute atomic E-state index is 13.0. The molecule has 0 aromatic heterocycles. The van der Waals surface area contributed by atoms with Crippen LogP contribution in [0.3, 0.4) is 0 Å². The standard InChI is InChI=1S/C22H20Cl2FNO.ClH/c23-19-5-1-16(2-6-19)11-12-26-14-18-13-20(24)7-10-22(18)27-15-17-3-8-21(25)9-4-17;/h1-10,13,26H,11-12,14-15H2;1H. The van der Waals surface area contributed by atoms with Crippen LogP contribution in [0.15, 0.2) is 66.7 Å². The highest BCUT2D eigenvalue weighted by Gasteiger charge is 2.06. The second kappa shape index (κ2) is 11.3. The average Bonchev–Trinajstić information content (AvgIpc) is 2.67. The highest BCUT2D eigenvalue weighted by Crippen LogP contribution is 2.24. The molecule has 0 spiro atoms. The zero-order valence-electron chi connectivity index (χ0n) is 15.1. The number of halogens is 4. The molecule has 0 atom stereocenters. The Balaban J connectivity index is 0.00000280. The van der Waals surface area contributed by atoms with Crippen LogP contribution in [0.5, 0.6) is 5.75 Å². The van der Waals surface area contributed by atoms with E-state index in [1.165, 1.54) is 17.7 Å². The van der Waals surface area contributed by atoms with E-state index >= 15 is 0 Å². The molecule has 6 heteroatoms. The van der Waals surface area contributed by atoms with Crippen molar-refractivity contribution in [1.29, 1.82) is 0 Å². The van der Waals surface area contributed by atoms with Gasteiger partial charge in [0.2, 0.25) is 0 Å². The molecule has 0 heterocycles. The van der Waals surface area contributed by atoms with Crippen molar-refractivity contribution in [3.05, 3.63) is 99.3 Å². The third-order valence-corrected chi connectivity index (χ3v) is 4.64. The second-order valence-corrected chi connectivity index (χ2v) is 7.09. The van der Waals surface area contributed by atoms with Crippen LogP contribution < -0.4 is 10.1 Å². The van der Waals surface area contributed by atoms with E-state index in [1.807, 2.05) is 36.4 Å². The Morgan fingerprint density at radius 2 is 1.46 bits per heavy atom. The average molecular weight is 441 g/mol. The van der Waals surface area contributed by atoms with Gasteiger partial charge in [-0.25, -0.2) is 4.39 Å². The number of rotatable bonds is 8. The Morgan fingerprint density at radius 1 is 0.821 bits per heavy atom. The van der Waals surface area contributed by atoms with Gasteiger partial charge in [-0.3, -0.25) is 0 Å². The monoisotopic (exact) mass is 439 g/mol. The lowest BCUT2D eigenvalue weighted by Crippen LogP contribution is -2.17. The van der Waals surface area contributed by atoms with Gasteiger partial charge in [-0.1, -0.05) is 47.5 Å². The van der Waals surface area contributed by atoms with E-state index < -0.39 is 0 Å². The minimum atomic E-state index is -0.254. The molecule has 28 heavy (non-hydrogen) atoms. The molecule has 0 unspecified atom stereocenters. The second-order valence-electron chi connectivity index (χ2n) is 6.22. The van der Waals surface area contributed by atoms with Gasteiger partial charge < -0.3 is 10.1 Å². The molecular weight excluding hydrogens is 420 g/mol. The van der Waals surface area contributed by atoms with Gasteiger partial charge >= 0.3 is 0 Å². The summed E-state index contributed by atoms with van der Waals surface area (Å²) < 4.78 is 18.9. The van der Waals surface area contributed by atoms with Crippen molar-refractivity contribution in [2.75, 3.05) is 6.54 Å². The Bertz CT molecular complexity index is 870. The van der Waals surface area contributed by atoms with Crippen molar-refractivity contribution in [2.45, 2.75) is 19.6 Å². The predicted octanol–water partition coefficient (Wildman–Crippen LogP) is 6.47. The van der Waals surface area contributed by atoms with Crippen LogP contribution in [-0.4, -0.2) is 6.54 Å². The number of hydrogen-bond donors (Lipinski definition) is 1. The van der Waals surface area contributed by atoms with Gasteiger partial charge in [0.05, 0.1) is 0 Å². The fraction of sp³-hybridized carbons (Fsp3) is 0.182. The van der Waals surface area contributed by atoms with E-state index in [2.05, 4.69) is 5.32 Å². The summed E-state index contributed by atoms with van der Waals surface area (Å²) in [5.74, 6) is 0.513. The molecule has 2 nitrogen and oxygen atoms in total. The third kappa shape index (κ3) is 6.99. The lowest BCUT2D eigenvalue weighted by atomic mass is 10.1. The Labute approximate surface area is 181 Å². The van der Waals surface area contributed by atoms with Crippen molar-refractivity contribution >= 4 is 35.6 Å². The van der Waals surface area contributed by atoms with Crippen LogP contribution in [0.2, 0.25) is 10.0 Å². The third-order valence-electron chi connectivity index (χ3n) is 4.15. The summed E-state index contributed by atoms with van der Waals surface area (Å²) >= 11 is 12.0. The number of ether oxygens (including phenoxy) is 1. The van der Waals surface area contributed by atoms with Gasteiger partial charge in [0.1, 0.15) is 18.2 Å². The first-order chi connectivity index (χ1) is 13.1. The lowest BCUT2D eigenvalue weighted by Gasteiger charge is -2.13. The maximum Gasteiger partial charge on any atom is 0.124 e. The van der Waals surface area contributed by atoms with Crippen LogP contribution in [0.1, 0.15) is 16.7 Å². The molecule has 148 valence electrons. The molecule has 3 aromatic rings. The molecule has 0 aliphatic carbocycles. The molecule has 1 N–H and O–H groups in total. The van der Waals surface area contributed by atoms with E-state index in [0.717, 1.165) is 34.9 Å². The summed E-state index contributed by atoms with van der Waals surface area (Å²) in [4.78, 5) is 0. The van der Waals surface area contributed by atoms with Crippen molar-refractivity contribution < 1.29 is 9.13 Å². The van der Waals surface area contributed by atoms with E-state index in [-0.39, 0.29) is 18.2 Å². The molecule has 3 aromatic carbocycles. The van der Waals surface area contributed by atoms with Crippen LogP contribution in [-0.2, 0) is 19.6 Å². The first kappa shape index (κ1) is 22.5. The first-order valence-electron chi connectivity index (χ1n) is 8.71. The molecule has 0 fully saturated rings. The van der Waals surface area contributed by atoms with E-state index in [4.69, 9.17) is 27.9 Å². The van der Waals surface area contributed by atoms with Crippen molar-refractivity contribution in [2.24, 2.45) is 0 Å². The lowest BCUT2D eigenvalue weighted by molar-refractivity contribution is 0.302. The van der Waals surface area contributed by atoms with Gasteiger partial charge in [0.15, 0.2) is 0 Å². The summed E-state index contributed by atoms with van der Waals surface area (Å²) in [6, 6.07) is 19.7. The molecule has 0 saturated heterocycles. The number of nitrogens with one attached hydrogen (secondary N) is 1. The van der Waals surface area contributed by atoms with Crippen LogP contribution >= 0.6 is 35.6 Å². The van der Waals surface area contributed by atoms with Crippen LogP contribution in [0, 0.1) is 5.82 Å². The summed E-state index contributed by atoms with van der Waals surface area (Å²) in [6.45, 7) is 1.85. The van der Waals surface area contributed by atoms with Gasteiger partial charge in [0.25, 0.3) is 0 Å². The molecular formula is C22H21Cl3FNO. The zero-order valence-corrected chi connectivity index (χ0v) is 17.5. The highest BCUT2D eigenvalue weighted by atomic mass is 35.5. The maximum atomic E-state index is 13.0. The molecule has 0 aliphatic heterocycles. The Hall–Kier alpha value is -1.78. The van der Waals surface area contributed by atoms with E-state index in [0.29, 0.717) is 18.2 Å². The minimum Gasteiger partial charge on any atom is -0.489 e. The highest BCUT2D eigenvalue weighted by molar-refractivity contribution is 6.30. The molecule has 0 aliphatic rings. The van der Waals surface area contributed by atoms with Crippen molar-refractivity contribution in [3.8, 4) is 5.75 Å². The summed E-state index contributed by atoms with van der Waals surface area (Å²) in [6.07, 6.45) is 0.906. The summed E-state index contributed by atoms with van der Waals surface area (Å²) in [5, 5.41) is 4.83. The Kier molecular flexibility index (Phi) is 9.07. The number of hydrogen-bond acceptors (Lipinski definition) is 2. The van der Waals surface area contributed by atoms with Gasteiger partial charge in [0, 0.05) is 22.2 Å². The fourth-order valence-electron chi connectivity index (χ4n) is 2.68. The Morgan fingerprint density at radius 3 is 2.18 bits per heavy atom. The molecule has 0 saturated carbocycles. The zero-order chi connectivity index (χ0) is 19.1. The van der Waals surface area contributed by atoms with E-state index in [9.17, 15) is 4.39 Å². The quantitative estimate of drug-likeness (QED) is 0.406. The normalized spacial score (nSPS) is 10.4. The molecule has 3 rings (SSSR count). The van der Waals surface area contributed by atoms with Crippen molar-refractivity contribution in [1.82, 2.24) is 5.32 Å².